The largest absolute Gasteiger partial charge is 0.388 e. The molecule has 1 N–H and O–H groups in total. The summed E-state index contributed by atoms with van der Waals surface area (Å²) in [5.41, 5.74) is 2.79. The van der Waals surface area contributed by atoms with E-state index in [1.54, 1.807) is 5.06 Å². The van der Waals surface area contributed by atoms with E-state index in [-0.39, 0.29) is 24.0 Å². The fraction of sp³-hybridized carbons (Fsp3) is 0.455. The number of piperidine rings is 1. The van der Waals surface area contributed by atoms with E-state index in [4.69, 9.17) is 9.36 Å². The van der Waals surface area contributed by atoms with Crippen LogP contribution in [-0.2, 0) is 11.4 Å². The summed E-state index contributed by atoms with van der Waals surface area (Å²) in [5.74, 6) is 0.990. The number of urea groups is 1. The summed E-state index contributed by atoms with van der Waals surface area (Å²) in [6, 6.07) is 11.8. The minimum absolute atomic E-state index is 0.0668. The first-order chi connectivity index (χ1) is 14.0. The molecule has 0 spiro atoms. The Morgan fingerprint density at radius 3 is 2.93 bits per heavy atom. The lowest BCUT2D eigenvalue weighted by atomic mass is 9.97. The third kappa shape index (κ3) is 4.15. The number of rotatable bonds is 8. The molecule has 1 aromatic carbocycles. The second-order valence-corrected chi connectivity index (χ2v) is 7.98. The number of benzene rings is 1. The minimum atomic E-state index is -0.0880. The van der Waals surface area contributed by atoms with Crippen LogP contribution in [0.3, 0.4) is 0 Å². The van der Waals surface area contributed by atoms with Crippen molar-refractivity contribution in [3.05, 3.63) is 65.7 Å². The molecular weight excluding hydrogens is 368 g/mol. The molecule has 2 saturated heterocycles. The predicted octanol–water partition coefficient (Wildman–Crippen LogP) is 3.97. The van der Waals surface area contributed by atoms with Gasteiger partial charge in [-0.1, -0.05) is 49.0 Å². The van der Waals surface area contributed by atoms with E-state index in [2.05, 4.69) is 24.0 Å². The zero-order chi connectivity index (χ0) is 20.4. The maximum Gasteiger partial charge on any atom is 0.344 e. The molecule has 3 heterocycles. The van der Waals surface area contributed by atoms with Gasteiger partial charge in [-0.3, -0.25) is 4.84 Å². The Kier molecular flexibility index (Phi) is 5.58. The molecule has 7 heteroatoms. The number of fused-ring (bicyclic) bond motifs is 2. The molecule has 29 heavy (non-hydrogen) atoms. The van der Waals surface area contributed by atoms with Gasteiger partial charge in [0.05, 0.1) is 12.1 Å². The van der Waals surface area contributed by atoms with Gasteiger partial charge in [0.25, 0.3) is 0 Å². The summed E-state index contributed by atoms with van der Waals surface area (Å²) in [6.45, 7) is 9.66. The van der Waals surface area contributed by atoms with Crippen molar-refractivity contribution in [2.75, 3.05) is 13.1 Å². The lowest BCUT2D eigenvalue weighted by Crippen LogP contribution is -2.34. The maximum absolute atomic E-state index is 13.0. The summed E-state index contributed by atoms with van der Waals surface area (Å²) >= 11 is 0. The second kappa shape index (κ2) is 8.29. The zero-order valence-corrected chi connectivity index (χ0v) is 17.0. The molecule has 0 unspecified atom stereocenters. The van der Waals surface area contributed by atoms with Gasteiger partial charge in [0.15, 0.2) is 0 Å². The molecule has 0 saturated carbocycles. The van der Waals surface area contributed by atoms with E-state index in [0.29, 0.717) is 13.2 Å². The van der Waals surface area contributed by atoms with E-state index in [9.17, 15) is 4.79 Å². The fourth-order valence-corrected chi connectivity index (χ4v) is 3.94. The van der Waals surface area contributed by atoms with Crippen LogP contribution in [0.1, 0.15) is 55.7 Å². The number of hydroxylamine groups is 2. The van der Waals surface area contributed by atoms with Gasteiger partial charge in [-0.25, -0.2) is 4.79 Å². The molecule has 1 aromatic heterocycles. The predicted molar refractivity (Wildman–Crippen MR) is 109 cm³/mol. The number of hydrogen-bond donors (Lipinski definition) is 1. The molecule has 0 radical (unpaired) electrons. The standard InChI is InChI=1S/C22H28N4O3/c1-15(2)23-12-16(3)21-11-19(24-29-21)20-10-9-18-13-25(20)22(27)26(18)28-14-17-7-5-4-6-8-17/h4-8,11,16,18,20,23H,1,9-10,12-14H2,2-3H3/t16-,18-,20+/m1/s1. The van der Waals surface area contributed by atoms with Crippen LogP contribution >= 0.6 is 0 Å². The van der Waals surface area contributed by atoms with Crippen LogP contribution in [0.4, 0.5) is 4.79 Å². The van der Waals surface area contributed by atoms with Gasteiger partial charge in [-0.2, -0.15) is 5.06 Å². The summed E-state index contributed by atoms with van der Waals surface area (Å²) in [7, 11) is 0. The van der Waals surface area contributed by atoms with Gasteiger partial charge in [0, 0.05) is 30.8 Å². The smallest absolute Gasteiger partial charge is 0.344 e. The average molecular weight is 396 g/mol. The lowest BCUT2D eigenvalue weighted by Gasteiger charge is -2.28. The Hall–Kier alpha value is -2.80. The number of allylic oxidation sites excluding steroid dienone is 1. The van der Waals surface area contributed by atoms with Crippen LogP contribution in [0.15, 0.2) is 53.2 Å². The number of carbonyl (C=O) groups is 1. The van der Waals surface area contributed by atoms with Crippen LogP contribution in [0.2, 0.25) is 0 Å². The van der Waals surface area contributed by atoms with Crippen LogP contribution in [0.25, 0.3) is 0 Å². The average Bonchev–Trinajstić information content (AvgIpc) is 3.30. The van der Waals surface area contributed by atoms with Gasteiger partial charge in [-0.05, 0) is 25.3 Å². The SMILES string of the molecule is C=C(C)NC[C@@H](C)c1cc([C@@H]2CC[C@@H]3CN2C(=O)N3OCc2ccccc2)no1. The summed E-state index contributed by atoms with van der Waals surface area (Å²) in [6.07, 6.45) is 1.74. The highest BCUT2D eigenvalue weighted by Crippen LogP contribution is 2.38. The molecule has 4 rings (SSSR count). The van der Waals surface area contributed by atoms with Crippen molar-refractivity contribution >= 4 is 6.03 Å². The Morgan fingerprint density at radius 1 is 1.38 bits per heavy atom. The number of nitrogens with zero attached hydrogens (tertiary/aromatic N) is 3. The quantitative estimate of drug-likeness (QED) is 0.731. The molecule has 2 aliphatic heterocycles. The molecule has 2 amide bonds. The first-order valence-corrected chi connectivity index (χ1v) is 10.2. The first kappa shape index (κ1) is 19.5. The third-order valence-corrected chi connectivity index (χ3v) is 5.62. The number of nitrogens with one attached hydrogen (secondary N) is 1. The van der Waals surface area contributed by atoms with E-state index in [0.717, 1.165) is 42.1 Å². The molecule has 3 atom stereocenters. The number of carbonyl (C=O) groups excluding carboxylic acids is 1. The van der Waals surface area contributed by atoms with Crippen molar-refractivity contribution in [2.45, 2.75) is 51.3 Å². The minimum Gasteiger partial charge on any atom is -0.388 e. The maximum atomic E-state index is 13.0. The Balaban J connectivity index is 1.40. The number of hydrogen-bond acceptors (Lipinski definition) is 5. The highest BCUT2D eigenvalue weighted by molar-refractivity contribution is 5.77. The normalized spacial score (nSPS) is 22.1. The van der Waals surface area contributed by atoms with Crippen LogP contribution in [0.5, 0.6) is 0 Å². The molecular formula is C22H28N4O3. The van der Waals surface area contributed by atoms with E-state index in [1.165, 1.54) is 0 Å². The summed E-state index contributed by atoms with van der Waals surface area (Å²) in [4.78, 5) is 20.7. The molecule has 0 aliphatic carbocycles. The van der Waals surface area contributed by atoms with Crippen LogP contribution < -0.4 is 5.32 Å². The van der Waals surface area contributed by atoms with Gasteiger partial charge in [-0.15, -0.1) is 0 Å². The second-order valence-electron chi connectivity index (χ2n) is 7.98. The zero-order valence-electron chi connectivity index (χ0n) is 17.0. The van der Waals surface area contributed by atoms with Crippen molar-refractivity contribution in [3.63, 3.8) is 0 Å². The Labute approximate surface area is 171 Å². The topological polar surface area (TPSA) is 70.8 Å². The molecule has 154 valence electrons. The van der Waals surface area contributed by atoms with Crippen LogP contribution in [-0.4, -0.2) is 40.3 Å². The van der Waals surface area contributed by atoms with Gasteiger partial charge < -0.3 is 14.7 Å². The van der Waals surface area contributed by atoms with Gasteiger partial charge in [0.1, 0.15) is 18.1 Å². The Bertz CT molecular complexity index is 866. The number of amides is 2. The van der Waals surface area contributed by atoms with Crippen molar-refractivity contribution in [1.29, 1.82) is 0 Å². The first-order valence-electron chi connectivity index (χ1n) is 10.2. The highest BCUT2D eigenvalue weighted by atomic mass is 16.7. The molecule has 2 bridgehead atoms. The molecule has 2 aliphatic rings. The van der Waals surface area contributed by atoms with Gasteiger partial charge in [0.2, 0.25) is 0 Å². The van der Waals surface area contributed by atoms with Crippen molar-refractivity contribution in [1.82, 2.24) is 20.4 Å². The van der Waals surface area contributed by atoms with E-state index >= 15 is 0 Å². The summed E-state index contributed by atoms with van der Waals surface area (Å²) in [5, 5.41) is 9.06. The van der Waals surface area contributed by atoms with Crippen molar-refractivity contribution in [3.8, 4) is 0 Å². The van der Waals surface area contributed by atoms with Gasteiger partial charge >= 0.3 is 6.03 Å². The van der Waals surface area contributed by atoms with E-state index < -0.39 is 0 Å². The highest BCUT2D eigenvalue weighted by Gasteiger charge is 2.47. The molecule has 2 fully saturated rings. The Morgan fingerprint density at radius 2 is 2.17 bits per heavy atom. The van der Waals surface area contributed by atoms with Crippen LogP contribution in [0, 0.1) is 0 Å². The van der Waals surface area contributed by atoms with Crippen molar-refractivity contribution < 1.29 is 14.2 Å². The lowest BCUT2D eigenvalue weighted by molar-refractivity contribution is -0.140. The fourth-order valence-electron chi connectivity index (χ4n) is 3.94. The number of aromatic nitrogens is 1. The summed E-state index contributed by atoms with van der Waals surface area (Å²) < 4.78 is 5.58. The monoisotopic (exact) mass is 396 g/mol. The molecule has 7 nitrogen and oxygen atoms in total. The van der Waals surface area contributed by atoms with Crippen molar-refractivity contribution in [2.24, 2.45) is 0 Å². The van der Waals surface area contributed by atoms with E-state index in [1.807, 2.05) is 48.2 Å². The third-order valence-electron chi connectivity index (χ3n) is 5.62. The molecule has 2 aromatic rings.